The Morgan fingerprint density at radius 3 is 2.67 bits per heavy atom. The van der Waals surface area contributed by atoms with E-state index in [1.165, 1.54) is 18.3 Å². The van der Waals surface area contributed by atoms with E-state index >= 15 is 0 Å². The summed E-state index contributed by atoms with van der Waals surface area (Å²) in [6, 6.07) is 7.60. The second-order valence-electron chi connectivity index (χ2n) is 4.46. The molecule has 2 rings (SSSR count). The highest BCUT2D eigenvalue weighted by Crippen LogP contribution is 2.28. The topological polar surface area (TPSA) is 82.3 Å². The number of nitro benzene ring substituents is 1. The first-order valence-electron chi connectivity index (χ1n) is 6.43. The number of hydrogen-bond acceptors (Lipinski definition) is 5. The molecule has 1 aromatic carbocycles. The summed E-state index contributed by atoms with van der Waals surface area (Å²) in [4.78, 5) is 25.8. The van der Waals surface area contributed by atoms with Gasteiger partial charge in [-0.25, -0.2) is 4.98 Å². The largest absolute Gasteiger partial charge is 0.455 e. The van der Waals surface area contributed by atoms with Crippen LogP contribution < -0.4 is 4.74 Å². The standard InChI is InChI=1S/C15H14N2O4/c1-3-14(18)13-7-6-12(9-16-13)21-15-8-11(17(19)20)5-4-10(15)2/h4-9H,3H2,1-2H3. The minimum absolute atomic E-state index is 0.0404. The molecule has 0 aliphatic rings. The monoisotopic (exact) mass is 286 g/mol. The third-order valence-electron chi connectivity index (χ3n) is 2.95. The number of benzene rings is 1. The summed E-state index contributed by atoms with van der Waals surface area (Å²) in [7, 11) is 0. The SMILES string of the molecule is CCC(=O)c1ccc(Oc2cc([N+](=O)[O-])ccc2C)cn1. The molecule has 0 radical (unpaired) electrons. The number of carbonyl (C=O) groups excluding carboxylic acids is 1. The Morgan fingerprint density at radius 2 is 2.10 bits per heavy atom. The Morgan fingerprint density at radius 1 is 1.33 bits per heavy atom. The molecule has 0 atom stereocenters. The maximum absolute atomic E-state index is 11.5. The van der Waals surface area contributed by atoms with Crippen molar-refractivity contribution in [2.75, 3.05) is 0 Å². The third-order valence-corrected chi connectivity index (χ3v) is 2.95. The van der Waals surface area contributed by atoms with Gasteiger partial charge in [-0.05, 0) is 30.7 Å². The quantitative estimate of drug-likeness (QED) is 0.475. The van der Waals surface area contributed by atoms with Crippen molar-refractivity contribution in [1.29, 1.82) is 0 Å². The van der Waals surface area contributed by atoms with E-state index in [0.29, 0.717) is 23.6 Å². The minimum atomic E-state index is -0.479. The minimum Gasteiger partial charge on any atom is -0.455 e. The van der Waals surface area contributed by atoms with Crippen LogP contribution in [0.15, 0.2) is 36.5 Å². The average molecular weight is 286 g/mol. The molecular formula is C15H14N2O4. The molecule has 0 saturated heterocycles. The lowest BCUT2D eigenvalue weighted by molar-refractivity contribution is -0.384. The number of carbonyl (C=O) groups is 1. The highest BCUT2D eigenvalue weighted by atomic mass is 16.6. The molecule has 1 aromatic heterocycles. The lowest BCUT2D eigenvalue weighted by atomic mass is 10.2. The van der Waals surface area contributed by atoms with E-state index in [0.717, 1.165) is 5.56 Å². The van der Waals surface area contributed by atoms with Gasteiger partial charge in [0.05, 0.1) is 17.2 Å². The molecule has 0 N–H and O–H groups in total. The number of non-ortho nitro benzene ring substituents is 1. The number of nitrogens with zero attached hydrogens (tertiary/aromatic N) is 2. The van der Waals surface area contributed by atoms with Crippen molar-refractivity contribution in [2.45, 2.75) is 20.3 Å². The summed E-state index contributed by atoms with van der Waals surface area (Å²) in [6.45, 7) is 3.56. The molecule has 6 nitrogen and oxygen atoms in total. The first kappa shape index (κ1) is 14.6. The Hall–Kier alpha value is -2.76. The number of ether oxygens (including phenoxy) is 1. The second kappa shape index (κ2) is 6.13. The van der Waals surface area contributed by atoms with Crippen molar-refractivity contribution in [1.82, 2.24) is 4.98 Å². The predicted octanol–water partition coefficient (Wildman–Crippen LogP) is 3.68. The molecule has 0 aliphatic carbocycles. The highest BCUT2D eigenvalue weighted by molar-refractivity contribution is 5.93. The van der Waals surface area contributed by atoms with Gasteiger partial charge in [-0.3, -0.25) is 14.9 Å². The normalized spacial score (nSPS) is 10.2. The number of nitro groups is 1. The molecular weight excluding hydrogens is 272 g/mol. The molecule has 108 valence electrons. The molecule has 0 fully saturated rings. The summed E-state index contributed by atoms with van der Waals surface area (Å²) in [5.74, 6) is 0.764. The van der Waals surface area contributed by atoms with Gasteiger partial charge in [0.25, 0.3) is 5.69 Å². The molecule has 2 aromatic rings. The van der Waals surface area contributed by atoms with Gasteiger partial charge in [0, 0.05) is 12.5 Å². The highest BCUT2D eigenvalue weighted by Gasteiger charge is 2.11. The molecule has 0 spiro atoms. The van der Waals surface area contributed by atoms with Gasteiger partial charge in [-0.1, -0.05) is 6.92 Å². The third kappa shape index (κ3) is 3.42. The van der Waals surface area contributed by atoms with Crippen molar-refractivity contribution < 1.29 is 14.5 Å². The molecule has 0 amide bonds. The fourth-order valence-electron chi connectivity index (χ4n) is 1.73. The van der Waals surface area contributed by atoms with Crippen molar-refractivity contribution >= 4 is 11.5 Å². The smallest absolute Gasteiger partial charge is 0.273 e. The number of pyridine rings is 1. The van der Waals surface area contributed by atoms with E-state index in [-0.39, 0.29) is 11.5 Å². The predicted molar refractivity (Wildman–Crippen MR) is 76.8 cm³/mol. The molecule has 21 heavy (non-hydrogen) atoms. The van der Waals surface area contributed by atoms with Crippen molar-refractivity contribution in [3.8, 4) is 11.5 Å². The van der Waals surface area contributed by atoms with Gasteiger partial charge >= 0.3 is 0 Å². The maximum atomic E-state index is 11.5. The van der Waals surface area contributed by atoms with E-state index in [1.54, 1.807) is 32.0 Å². The molecule has 0 unspecified atom stereocenters. The zero-order valence-corrected chi connectivity index (χ0v) is 11.7. The van der Waals surface area contributed by atoms with E-state index < -0.39 is 4.92 Å². The van der Waals surface area contributed by atoms with Crippen LogP contribution in [0.5, 0.6) is 11.5 Å². The van der Waals surface area contributed by atoms with E-state index in [2.05, 4.69) is 4.98 Å². The fourth-order valence-corrected chi connectivity index (χ4v) is 1.73. The lowest BCUT2D eigenvalue weighted by Crippen LogP contribution is -2.00. The molecule has 0 saturated carbocycles. The van der Waals surface area contributed by atoms with Crippen molar-refractivity contribution in [3.05, 3.63) is 57.9 Å². The summed E-state index contributed by atoms with van der Waals surface area (Å²) < 4.78 is 5.59. The molecule has 1 heterocycles. The number of ketones is 1. The summed E-state index contributed by atoms with van der Waals surface area (Å²) in [5.41, 5.74) is 1.11. The van der Waals surface area contributed by atoms with Crippen LogP contribution >= 0.6 is 0 Å². The number of aromatic nitrogens is 1. The van der Waals surface area contributed by atoms with Crippen LogP contribution in [0, 0.1) is 17.0 Å². The second-order valence-corrected chi connectivity index (χ2v) is 4.46. The van der Waals surface area contributed by atoms with Crippen LogP contribution in [0.3, 0.4) is 0 Å². The van der Waals surface area contributed by atoms with Gasteiger partial charge in [0.2, 0.25) is 0 Å². The zero-order chi connectivity index (χ0) is 15.4. The summed E-state index contributed by atoms with van der Waals surface area (Å²) >= 11 is 0. The Bertz CT molecular complexity index is 681. The van der Waals surface area contributed by atoms with Crippen LogP contribution in [0.2, 0.25) is 0 Å². The van der Waals surface area contributed by atoms with Crippen LogP contribution in [-0.4, -0.2) is 15.7 Å². The van der Waals surface area contributed by atoms with E-state index in [9.17, 15) is 14.9 Å². The van der Waals surface area contributed by atoms with Crippen LogP contribution in [0.1, 0.15) is 29.4 Å². The first-order chi connectivity index (χ1) is 10.0. The van der Waals surface area contributed by atoms with Gasteiger partial charge < -0.3 is 4.74 Å². The number of hydrogen-bond donors (Lipinski definition) is 0. The van der Waals surface area contributed by atoms with Gasteiger partial charge in [-0.15, -0.1) is 0 Å². The number of aryl methyl sites for hydroxylation is 1. The number of Topliss-reactive ketones (excluding diaryl/α,β-unsaturated/α-hetero) is 1. The van der Waals surface area contributed by atoms with E-state index in [1.807, 2.05) is 0 Å². The first-order valence-corrected chi connectivity index (χ1v) is 6.43. The van der Waals surface area contributed by atoms with Gasteiger partial charge in [0.15, 0.2) is 5.78 Å². The molecule has 0 aliphatic heterocycles. The maximum Gasteiger partial charge on any atom is 0.273 e. The average Bonchev–Trinajstić information content (AvgIpc) is 2.49. The van der Waals surface area contributed by atoms with Crippen molar-refractivity contribution in [2.24, 2.45) is 0 Å². The Labute approximate surface area is 121 Å². The van der Waals surface area contributed by atoms with E-state index in [4.69, 9.17) is 4.74 Å². The molecule has 6 heteroatoms. The Kier molecular flexibility index (Phi) is 4.27. The Balaban J connectivity index is 2.23. The van der Waals surface area contributed by atoms with Gasteiger partial charge in [0.1, 0.15) is 17.2 Å². The molecule has 0 bridgehead atoms. The van der Waals surface area contributed by atoms with Crippen molar-refractivity contribution in [3.63, 3.8) is 0 Å². The van der Waals surface area contributed by atoms with Crippen LogP contribution in [0.25, 0.3) is 0 Å². The van der Waals surface area contributed by atoms with Crippen LogP contribution in [-0.2, 0) is 0 Å². The summed E-state index contributed by atoms with van der Waals surface area (Å²) in [6.07, 6.45) is 1.82. The fraction of sp³-hybridized carbons (Fsp3) is 0.200. The lowest BCUT2D eigenvalue weighted by Gasteiger charge is -2.08. The van der Waals surface area contributed by atoms with Gasteiger partial charge in [-0.2, -0.15) is 0 Å². The zero-order valence-electron chi connectivity index (χ0n) is 11.7. The van der Waals surface area contributed by atoms with Crippen LogP contribution in [0.4, 0.5) is 5.69 Å². The number of rotatable bonds is 5. The summed E-state index contributed by atoms with van der Waals surface area (Å²) in [5, 5.41) is 10.8.